The van der Waals surface area contributed by atoms with Crippen molar-refractivity contribution in [2.75, 3.05) is 31.6 Å². The van der Waals surface area contributed by atoms with Crippen LogP contribution in [0.15, 0.2) is 12.4 Å². The lowest BCUT2D eigenvalue weighted by Gasteiger charge is -2.30. The van der Waals surface area contributed by atoms with Gasteiger partial charge < -0.3 is 10.4 Å². The maximum atomic E-state index is 9.12. The Kier molecular flexibility index (Phi) is 5.54. The molecule has 0 amide bonds. The van der Waals surface area contributed by atoms with Gasteiger partial charge in [0.2, 0.25) is 0 Å². The highest BCUT2D eigenvalue weighted by atomic mass is 16.3. The average molecular weight is 264 g/mol. The molecule has 0 saturated carbocycles. The molecule has 2 heterocycles. The number of nitrogens with one attached hydrogen (secondary N) is 1. The molecule has 0 radical (unpaired) electrons. The maximum absolute atomic E-state index is 9.12. The highest BCUT2D eigenvalue weighted by molar-refractivity contribution is 5.30. The van der Waals surface area contributed by atoms with Crippen LogP contribution < -0.4 is 5.32 Å². The van der Waals surface area contributed by atoms with E-state index in [-0.39, 0.29) is 0 Å². The summed E-state index contributed by atoms with van der Waals surface area (Å²) in [6.07, 6.45) is 6.92. The lowest BCUT2D eigenvalue weighted by atomic mass is 9.98. The van der Waals surface area contributed by atoms with Gasteiger partial charge in [0.15, 0.2) is 0 Å². The van der Waals surface area contributed by atoms with Crippen molar-refractivity contribution in [2.45, 2.75) is 32.7 Å². The molecule has 2 N–H and O–H groups in total. The number of aliphatic hydroxyl groups is 1. The monoisotopic (exact) mass is 264 g/mol. The van der Waals surface area contributed by atoms with Crippen LogP contribution in [0.5, 0.6) is 0 Å². The largest absolute Gasteiger partial charge is 0.396 e. The molecular formula is C14H24N4O. The lowest BCUT2D eigenvalue weighted by Crippen LogP contribution is -2.34. The number of aliphatic hydroxyl groups excluding tert-OH is 1. The Hall–Kier alpha value is -1.20. The van der Waals surface area contributed by atoms with Crippen LogP contribution in [0.25, 0.3) is 0 Å². The van der Waals surface area contributed by atoms with Gasteiger partial charge in [-0.15, -0.1) is 0 Å². The van der Waals surface area contributed by atoms with Crippen LogP contribution in [-0.4, -0.2) is 46.2 Å². The van der Waals surface area contributed by atoms with E-state index in [0.29, 0.717) is 12.5 Å². The summed E-state index contributed by atoms with van der Waals surface area (Å²) in [6.45, 7) is 6.34. The molecule has 0 aliphatic carbocycles. The van der Waals surface area contributed by atoms with Crippen molar-refractivity contribution in [2.24, 2.45) is 5.92 Å². The van der Waals surface area contributed by atoms with Gasteiger partial charge in [0, 0.05) is 19.7 Å². The SMILES string of the molecule is CCCNc1cnc(CN2CCC(CO)CC2)cn1. The molecular weight excluding hydrogens is 240 g/mol. The molecule has 1 aliphatic rings. The summed E-state index contributed by atoms with van der Waals surface area (Å²) in [4.78, 5) is 11.2. The summed E-state index contributed by atoms with van der Waals surface area (Å²) in [5, 5.41) is 12.3. The summed E-state index contributed by atoms with van der Waals surface area (Å²) in [5.74, 6) is 1.34. The van der Waals surface area contributed by atoms with Gasteiger partial charge in [0.25, 0.3) is 0 Å². The fourth-order valence-corrected chi connectivity index (χ4v) is 2.34. The molecule has 0 aromatic carbocycles. The first-order valence-electron chi connectivity index (χ1n) is 7.19. The second-order valence-corrected chi connectivity index (χ2v) is 5.22. The molecule has 0 unspecified atom stereocenters. The van der Waals surface area contributed by atoms with E-state index in [1.807, 2.05) is 12.4 Å². The highest BCUT2D eigenvalue weighted by Crippen LogP contribution is 2.17. The van der Waals surface area contributed by atoms with Crippen molar-refractivity contribution in [3.63, 3.8) is 0 Å². The highest BCUT2D eigenvalue weighted by Gasteiger charge is 2.18. The van der Waals surface area contributed by atoms with Crippen molar-refractivity contribution in [3.8, 4) is 0 Å². The predicted octanol–water partition coefficient (Wildman–Crippen LogP) is 1.50. The third-order valence-corrected chi connectivity index (χ3v) is 3.61. The third kappa shape index (κ3) is 4.44. The van der Waals surface area contributed by atoms with Crippen LogP contribution in [0.2, 0.25) is 0 Å². The first-order chi connectivity index (χ1) is 9.31. The van der Waals surface area contributed by atoms with Crippen LogP contribution in [0, 0.1) is 5.92 Å². The van der Waals surface area contributed by atoms with E-state index >= 15 is 0 Å². The molecule has 2 rings (SSSR count). The Labute approximate surface area is 115 Å². The van der Waals surface area contributed by atoms with Gasteiger partial charge in [-0.3, -0.25) is 9.88 Å². The van der Waals surface area contributed by atoms with Gasteiger partial charge in [-0.2, -0.15) is 0 Å². The average Bonchev–Trinajstić information content (AvgIpc) is 2.47. The van der Waals surface area contributed by atoms with E-state index < -0.39 is 0 Å². The predicted molar refractivity (Wildman–Crippen MR) is 75.9 cm³/mol. The van der Waals surface area contributed by atoms with Crippen molar-refractivity contribution in [1.29, 1.82) is 0 Å². The molecule has 0 atom stereocenters. The van der Waals surface area contributed by atoms with E-state index in [1.54, 1.807) is 0 Å². The van der Waals surface area contributed by atoms with Gasteiger partial charge in [-0.05, 0) is 38.3 Å². The number of hydrogen-bond acceptors (Lipinski definition) is 5. The van der Waals surface area contributed by atoms with Gasteiger partial charge in [-0.25, -0.2) is 4.98 Å². The lowest BCUT2D eigenvalue weighted by molar-refractivity contribution is 0.126. The molecule has 1 aromatic rings. The minimum absolute atomic E-state index is 0.325. The van der Waals surface area contributed by atoms with E-state index in [0.717, 1.165) is 57.0 Å². The van der Waals surface area contributed by atoms with Crippen molar-refractivity contribution in [3.05, 3.63) is 18.1 Å². The molecule has 1 saturated heterocycles. The molecule has 5 heteroatoms. The van der Waals surface area contributed by atoms with Crippen molar-refractivity contribution >= 4 is 5.82 Å². The fourth-order valence-electron chi connectivity index (χ4n) is 2.34. The molecule has 106 valence electrons. The standard InChI is InChI=1S/C14H24N4O/c1-2-5-15-14-9-16-13(8-17-14)10-18-6-3-12(11-19)4-7-18/h8-9,12,19H,2-7,10-11H2,1H3,(H,15,17). The summed E-state index contributed by atoms with van der Waals surface area (Å²) in [6, 6.07) is 0. The Morgan fingerprint density at radius 2 is 2.11 bits per heavy atom. The zero-order chi connectivity index (χ0) is 13.5. The zero-order valence-corrected chi connectivity index (χ0v) is 11.7. The number of hydrogen-bond donors (Lipinski definition) is 2. The Morgan fingerprint density at radius 3 is 2.68 bits per heavy atom. The molecule has 19 heavy (non-hydrogen) atoms. The van der Waals surface area contributed by atoms with E-state index in [2.05, 4.69) is 27.1 Å². The Morgan fingerprint density at radius 1 is 1.32 bits per heavy atom. The van der Waals surface area contributed by atoms with Crippen LogP contribution in [0.3, 0.4) is 0 Å². The number of anilines is 1. The molecule has 1 fully saturated rings. The Bertz CT molecular complexity index is 360. The van der Waals surface area contributed by atoms with Crippen molar-refractivity contribution < 1.29 is 5.11 Å². The van der Waals surface area contributed by atoms with Crippen LogP contribution in [-0.2, 0) is 6.54 Å². The quantitative estimate of drug-likeness (QED) is 0.815. The summed E-state index contributed by atoms with van der Waals surface area (Å²) in [7, 11) is 0. The first-order valence-corrected chi connectivity index (χ1v) is 7.19. The van der Waals surface area contributed by atoms with Gasteiger partial charge in [0.1, 0.15) is 5.82 Å². The minimum atomic E-state index is 0.325. The molecule has 0 spiro atoms. The van der Waals surface area contributed by atoms with Crippen molar-refractivity contribution in [1.82, 2.24) is 14.9 Å². The number of piperidine rings is 1. The molecule has 1 aromatic heterocycles. The van der Waals surface area contributed by atoms with Crippen LogP contribution in [0.4, 0.5) is 5.82 Å². The summed E-state index contributed by atoms with van der Waals surface area (Å²) >= 11 is 0. The van der Waals surface area contributed by atoms with Gasteiger partial charge >= 0.3 is 0 Å². The second-order valence-electron chi connectivity index (χ2n) is 5.22. The smallest absolute Gasteiger partial charge is 0.144 e. The van der Waals surface area contributed by atoms with E-state index in [9.17, 15) is 0 Å². The number of rotatable bonds is 6. The fraction of sp³-hybridized carbons (Fsp3) is 0.714. The molecule has 1 aliphatic heterocycles. The summed E-state index contributed by atoms with van der Waals surface area (Å²) < 4.78 is 0. The topological polar surface area (TPSA) is 61.3 Å². The first kappa shape index (κ1) is 14.2. The number of likely N-dealkylation sites (tertiary alicyclic amines) is 1. The van der Waals surface area contributed by atoms with Crippen LogP contribution >= 0.6 is 0 Å². The number of aromatic nitrogens is 2. The van der Waals surface area contributed by atoms with E-state index in [1.165, 1.54) is 0 Å². The molecule has 0 bridgehead atoms. The van der Waals surface area contributed by atoms with Gasteiger partial charge in [-0.1, -0.05) is 6.92 Å². The van der Waals surface area contributed by atoms with Gasteiger partial charge in [0.05, 0.1) is 18.1 Å². The normalized spacial score (nSPS) is 17.6. The Balaban J connectivity index is 1.79. The third-order valence-electron chi connectivity index (χ3n) is 3.61. The second kappa shape index (κ2) is 7.40. The van der Waals surface area contributed by atoms with Crippen LogP contribution in [0.1, 0.15) is 31.9 Å². The zero-order valence-electron chi connectivity index (χ0n) is 11.7. The summed E-state index contributed by atoms with van der Waals surface area (Å²) in [5.41, 5.74) is 1.02. The van der Waals surface area contributed by atoms with E-state index in [4.69, 9.17) is 5.11 Å². The maximum Gasteiger partial charge on any atom is 0.144 e. The molecule has 5 nitrogen and oxygen atoms in total. The number of nitrogens with zero attached hydrogens (tertiary/aromatic N) is 3. The minimum Gasteiger partial charge on any atom is -0.396 e.